The van der Waals surface area contributed by atoms with Gasteiger partial charge in [-0.05, 0) is 69.8 Å². The van der Waals surface area contributed by atoms with Crippen molar-refractivity contribution in [2.45, 2.75) is 26.7 Å². The zero-order chi connectivity index (χ0) is 20.4. The van der Waals surface area contributed by atoms with Gasteiger partial charge >= 0.3 is 0 Å². The normalized spacial score (nSPS) is 22.6. The van der Waals surface area contributed by atoms with Gasteiger partial charge in [-0.2, -0.15) is 0 Å². The van der Waals surface area contributed by atoms with Crippen molar-refractivity contribution in [2.24, 2.45) is 16.8 Å². The fourth-order valence-corrected chi connectivity index (χ4v) is 3.65. The number of likely N-dealkylation sites (N-methyl/N-ethyl adjacent to an activating group) is 1. The van der Waals surface area contributed by atoms with Gasteiger partial charge in [0.15, 0.2) is 0 Å². The van der Waals surface area contributed by atoms with Gasteiger partial charge in [-0.1, -0.05) is 30.4 Å². The highest BCUT2D eigenvalue weighted by Gasteiger charge is 2.25. The Morgan fingerprint density at radius 2 is 2.07 bits per heavy atom. The maximum absolute atomic E-state index is 13.4. The van der Waals surface area contributed by atoms with E-state index in [2.05, 4.69) is 11.0 Å². The predicted octanol–water partition coefficient (Wildman–Crippen LogP) is 4.10. The van der Waals surface area contributed by atoms with Crippen LogP contribution in [0.15, 0.2) is 65.1 Å². The maximum atomic E-state index is 13.4. The number of hydrogen-bond acceptors (Lipinski definition) is 3. The quantitative estimate of drug-likeness (QED) is 0.406. The molecule has 1 N–H and O–H groups in total. The molecule has 0 radical (unpaired) electrons. The van der Waals surface area contributed by atoms with Gasteiger partial charge < -0.3 is 10.0 Å². The van der Waals surface area contributed by atoms with E-state index in [-0.39, 0.29) is 12.4 Å². The van der Waals surface area contributed by atoms with Gasteiger partial charge in [0.25, 0.3) is 0 Å². The third kappa shape index (κ3) is 6.88. The molecule has 0 amide bonds. The van der Waals surface area contributed by atoms with Gasteiger partial charge in [0.05, 0.1) is 18.8 Å². The van der Waals surface area contributed by atoms with Gasteiger partial charge in [0, 0.05) is 13.6 Å². The highest BCUT2D eigenvalue weighted by atomic mass is 19.1. The van der Waals surface area contributed by atoms with Crippen molar-refractivity contribution in [3.05, 3.63) is 60.1 Å². The van der Waals surface area contributed by atoms with Crippen LogP contribution in [-0.2, 0) is 0 Å². The van der Waals surface area contributed by atoms with E-state index in [1.807, 2.05) is 56.2 Å². The van der Waals surface area contributed by atoms with Gasteiger partial charge in [-0.15, -0.1) is 0 Å². The van der Waals surface area contributed by atoms with Crippen molar-refractivity contribution in [1.29, 1.82) is 0 Å². The van der Waals surface area contributed by atoms with Crippen LogP contribution in [0.4, 0.5) is 4.39 Å². The van der Waals surface area contributed by atoms with E-state index in [9.17, 15) is 9.50 Å². The predicted molar refractivity (Wildman–Crippen MR) is 116 cm³/mol. The van der Waals surface area contributed by atoms with Crippen LogP contribution in [-0.4, -0.2) is 60.6 Å². The molecule has 0 aromatic carbocycles. The smallest absolute Gasteiger partial charge is 0.122 e. The first-order valence-corrected chi connectivity index (χ1v) is 10.2. The Hall–Kier alpha value is -1.98. The van der Waals surface area contributed by atoms with Crippen molar-refractivity contribution in [3.8, 4) is 0 Å². The molecule has 1 aliphatic carbocycles. The van der Waals surface area contributed by atoms with E-state index in [1.165, 1.54) is 6.08 Å². The molecule has 0 saturated carbocycles. The number of piperidine rings is 1. The molecule has 2 aliphatic rings. The first-order valence-electron chi connectivity index (χ1n) is 10.2. The van der Waals surface area contributed by atoms with Crippen LogP contribution in [0, 0.1) is 11.8 Å². The standard InChI is InChI=1S/C23H34FN3O/c1-4-7-22(5-2)25-23(26(3)16-17-28)18-27-14-12-20(13-15-27)19-8-6-9-21(24)11-10-19/h4-11,19-20,28H,12-18H2,1-3H3/b7-4-,22-5+,25-23?. The zero-order valence-electron chi connectivity index (χ0n) is 17.4. The summed E-state index contributed by atoms with van der Waals surface area (Å²) in [4.78, 5) is 9.28. The van der Waals surface area contributed by atoms with Crippen LogP contribution in [0.1, 0.15) is 26.7 Å². The maximum Gasteiger partial charge on any atom is 0.122 e. The van der Waals surface area contributed by atoms with Crippen LogP contribution in [0.25, 0.3) is 0 Å². The molecule has 0 spiro atoms. The summed E-state index contributed by atoms with van der Waals surface area (Å²) >= 11 is 0. The second-order valence-electron chi connectivity index (χ2n) is 7.37. The number of aliphatic hydroxyl groups is 1. The Kier molecular flexibility index (Phi) is 9.38. The fourth-order valence-electron chi connectivity index (χ4n) is 3.65. The van der Waals surface area contributed by atoms with E-state index in [1.54, 1.807) is 6.08 Å². The van der Waals surface area contributed by atoms with Crippen molar-refractivity contribution < 1.29 is 9.50 Å². The molecule has 28 heavy (non-hydrogen) atoms. The molecule has 1 atom stereocenters. The van der Waals surface area contributed by atoms with Crippen LogP contribution in [0.5, 0.6) is 0 Å². The number of hydrogen-bond donors (Lipinski definition) is 1. The molecular formula is C23H34FN3O. The number of allylic oxidation sites excluding steroid dienone is 9. The summed E-state index contributed by atoms with van der Waals surface area (Å²) in [6.07, 6.45) is 17.2. The van der Waals surface area contributed by atoms with Crippen molar-refractivity contribution >= 4 is 5.84 Å². The fraction of sp³-hybridized carbons (Fsp3) is 0.522. The first kappa shape index (κ1) is 22.3. The molecule has 0 bridgehead atoms. The van der Waals surface area contributed by atoms with Gasteiger partial charge in [-0.25, -0.2) is 9.38 Å². The number of aliphatic imine (C=N–C) groups is 1. The van der Waals surface area contributed by atoms with Gasteiger partial charge in [0.1, 0.15) is 11.7 Å². The molecule has 0 aromatic rings. The minimum atomic E-state index is -0.176. The number of halogens is 1. The summed E-state index contributed by atoms with van der Waals surface area (Å²) in [5, 5.41) is 9.32. The lowest BCUT2D eigenvalue weighted by Gasteiger charge is -2.35. The van der Waals surface area contributed by atoms with Crippen molar-refractivity contribution in [3.63, 3.8) is 0 Å². The van der Waals surface area contributed by atoms with Crippen LogP contribution in [0.3, 0.4) is 0 Å². The third-order valence-corrected chi connectivity index (χ3v) is 5.38. The van der Waals surface area contributed by atoms with Crippen LogP contribution in [0.2, 0.25) is 0 Å². The summed E-state index contributed by atoms with van der Waals surface area (Å²) in [6.45, 7) is 7.41. The SMILES string of the molecule is C/C=C\C(=C/C)N=C(CN1CCC(C2C=CC=C(F)C=C2)CC1)N(C)CCO. The molecule has 154 valence electrons. The van der Waals surface area contributed by atoms with Crippen LogP contribution >= 0.6 is 0 Å². The Balaban J connectivity index is 1.99. The summed E-state index contributed by atoms with van der Waals surface area (Å²) in [6, 6.07) is 0. The average Bonchev–Trinajstić information content (AvgIpc) is 2.92. The molecule has 2 rings (SSSR count). The molecule has 1 unspecified atom stereocenters. The van der Waals surface area contributed by atoms with Crippen molar-refractivity contribution in [2.75, 3.05) is 39.8 Å². The lowest BCUT2D eigenvalue weighted by molar-refractivity contribution is 0.184. The van der Waals surface area contributed by atoms with Gasteiger partial charge in [0.2, 0.25) is 0 Å². The summed E-state index contributed by atoms with van der Waals surface area (Å²) in [5.41, 5.74) is 0.931. The number of likely N-dealkylation sites (tertiary alicyclic amines) is 1. The third-order valence-electron chi connectivity index (χ3n) is 5.38. The molecule has 1 aliphatic heterocycles. The topological polar surface area (TPSA) is 39.1 Å². The van der Waals surface area contributed by atoms with E-state index < -0.39 is 0 Å². The Bertz CT molecular complexity index is 667. The summed E-state index contributed by atoms with van der Waals surface area (Å²) < 4.78 is 13.4. The summed E-state index contributed by atoms with van der Waals surface area (Å²) in [5.74, 6) is 1.65. The first-order chi connectivity index (χ1) is 13.6. The number of nitrogens with zero attached hydrogens (tertiary/aromatic N) is 3. The lowest BCUT2D eigenvalue weighted by atomic mass is 9.84. The largest absolute Gasteiger partial charge is 0.395 e. The number of aliphatic hydroxyl groups excluding tert-OH is 1. The molecule has 4 nitrogen and oxygen atoms in total. The zero-order valence-corrected chi connectivity index (χ0v) is 17.4. The van der Waals surface area contributed by atoms with E-state index in [4.69, 9.17) is 4.99 Å². The molecule has 1 heterocycles. The molecule has 5 heteroatoms. The average molecular weight is 388 g/mol. The second kappa shape index (κ2) is 11.8. The number of amidine groups is 1. The van der Waals surface area contributed by atoms with E-state index in [0.717, 1.165) is 44.0 Å². The van der Waals surface area contributed by atoms with Crippen LogP contribution < -0.4 is 0 Å². The minimum absolute atomic E-state index is 0.108. The number of rotatable bonds is 7. The molecule has 1 fully saturated rings. The Morgan fingerprint density at radius 1 is 1.32 bits per heavy atom. The minimum Gasteiger partial charge on any atom is -0.395 e. The molecule has 0 aromatic heterocycles. The molecular weight excluding hydrogens is 353 g/mol. The summed E-state index contributed by atoms with van der Waals surface area (Å²) in [7, 11) is 1.98. The second-order valence-corrected chi connectivity index (χ2v) is 7.37. The van der Waals surface area contributed by atoms with E-state index in [0.29, 0.717) is 18.4 Å². The highest BCUT2D eigenvalue weighted by Crippen LogP contribution is 2.29. The Morgan fingerprint density at radius 3 is 2.71 bits per heavy atom. The van der Waals surface area contributed by atoms with E-state index >= 15 is 0 Å². The molecule has 1 saturated heterocycles. The van der Waals surface area contributed by atoms with Crippen molar-refractivity contribution in [1.82, 2.24) is 9.80 Å². The van der Waals surface area contributed by atoms with Gasteiger partial charge in [-0.3, -0.25) is 4.90 Å². The highest BCUT2D eigenvalue weighted by molar-refractivity contribution is 5.85. The lowest BCUT2D eigenvalue weighted by Crippen LogP contribution is -2.43. The Labute approximate surface area is 169 Å². The monoisotopic (exact) mass is 387 g/mol.